The number of nitrogens with two attached hydrogens (primary N) is 1. The number of carbonyl (C=O) groups is 3. The van der Waals surface area contributed by atoms with Gasteiger partial charge in [-0.2, -0.15) is 0 Å². The number of phenols is 1. The van der Waals surface area contributed by atoms with E-state index in [2.05, 4.69) is 10.6 Å². The Bertz CT molecular complexity index is 760. The number of ether oxygens (including phenoxy) is 2. The number of nitrogens with one attached hydrogen (secondary N) is 2. The Morgan fingerprint density at radius 3 is 2.43 bits per heavy atom. The predicted octanol–water partition coefficient (Wildman–Crippen LogP) is 1.88. The monoisotopic (exact) mass is 425 g/mol. The molecular weight excluding hydrogens is 394 g/mol. The van der Waals surface area contributed by atoms with Gasteiger partial charge >= 0.3 is 6.09 Å². The number of rotatable bonds is 10. The van der Waals surface area contributed by atoms with Crippen LogP contribution in [0.3, 0.4) is 0 Å². The molecule has 10 nitrogen and oxygen atoms in total. The van der Waals surface area contributed by atoms with E-state index in [0.29, 0.717) is 19.4 Å². The third-order valence-corrected chi connectivity index (χ3v) is 3.97. The number of aliphatic hydroxyl groups is 1. The molecule has 0 saturated carbocycles. The Kier molecular flexibility index (Phi) is 9.38. The van der Waals surface area contributed by atoms with Gasteiger partial charge in [-0.1, -0.05) is 0 Å². The van der Waals surface area contributed by atoms with Crippen LogP contribution in [-0.4, -0.2) is 53.5 Å². The van der Waals surface area contributed by atoms with Gasteiger partial charge < -0.3 is 36.1 Å². The van der Waals surface area contributed by atoms with Crippen LogP contribution in [0.4, 0.5) is 10.5 Å². The molecule has 0 saturated heterocycles. The van der Waals surface area contributed by atoms with Crippen molar-refractivity contribution in [2.75, 3.05) is 19.0 Å². The van der Waals surface area contributed by atoms with Crippen LogP contribution in [0, 0.1) is 0 Å². The summed E-state index contributed by atoms with van der Waals surface area (Å²) in [5, 5.41) is 25.2. The second-order valence-corrected chi connectivity index (χ2v) is 7.71. The summed E-state index contributed by atoms with van der Waals surface area (Å²) in [6.07, 6.45) is -0.158. The normalized spacial score (nSPS) is 12.0. The zero-order valence-electron chi connectivity index (χ0n) is 17.8. The summed E-state index contributed by atoms with van der Waals surface area (Å²) in [4.78, 5) is 35.1. The first kappa shape index (κ1) is 25.0. The maximum Gasteiger partial charge on any atom is 0.407 e. The number of primary amides is 1. The van der Waals surface area contributed by atoms with E-state index in [1.807, 2.05) is 0 Å². The number of hydrogen-bond donors (Lipinski definition) is 5. The van der Waals surface area contributed by atoms with Crippen molar-refractivity contribution in [2.45, 2.75) is 58.2 Å². The van der Waals surface area contributed by atoms with Crippen molar-refractivity contribution in [2.24, 2.45) is 5.73 Å². The molecule has 3 amide bonds. The lowest BCUT2D eigenvalue weighted by Crippen LogP contribution is -2.33. The fourth-order valence-electron chi connectivity index (χ4n) is 2.58. The third-order valence-electron chi connectivity index (χ3n) is 3.97. The molecule has 1 aromatic carbocycles. The number of anilines is 1. The minimum atomic E-state index is -0.893. The van der Waals surface area contributed by atoms with Crippen molar-refractivity contribution in [3.8, 4) is 11.5 Å². The van der Waals surface area contributed by atoms with Gasteiger partial charge in [-0.25, -0.2) is 4.79 Å². The average Bonchev–Trinajstić information content (AvgIpc) is 2.63. The van der Waals surface area contributed by atoms with Crippen LogP contribution in [0.15, 0.2) is 12.1 Å². The Morgan fingerprint density at radius 1 is 1.20 bits per heavy atom. The second kappa shape index (κ2) is 11.2. The second-order valence-electron chi connectivity index (χ2n) is 7.71. The quantitative estimate of drug-likeness (QED) is 0.282. The molecule has 0 bridgehead atoms. The number of carbonyl (C=O) groups excluding carboxylic acids is 3. The number of aliphatic hydroxyl groups excluding tert-OH is 1. The van der Waals surface area contributed by atoms with Crippen LogP contribution in [0.25, 0.3) is 0 Å². The largest absolute Gasteiger partial charge is 0.505 e. The third kappa shape index (κ3) is 8.56. The number of hydrogen-bond acceptors (Lipinski definition) is 7. The average molecular weight is 425 g/mol. The Labute approximate surface area is 175 Å². The smallest absolute Gasteiger partial charge is 0.407 e. The molecule has 1 aromatic rings. The number of methoxy groups -OCH3 is 1. The van der Waals surface area contributed by atoms with E-state index in [0.717, 1.165) is 0 Å². The van der Waals surface area contributed by atoms with Crippen molar-refractivity contribution in [3.63, 3.8) is 0 Å². The summed E-state index contributed by atoms with van der Waals surface area (Å²) in [6, 6.07) is 2.79. The highest BCUT2D eigenvalue weighted by Gasteiger charge is 2.20. The van der Waals surface area contributed by atoms with Gasteiger partial charge in [0.15, 0.2) is 5.75 Å². The molecule has 1 rings (SSSR count). The van der Waals surface area contributed by atoms with Crippen molar-refractivity contribution in [1.82, 2.24) is 5.32 Å². The molecule has 0 spiro atoms. The van der Waals surface area contributed by atoms with Gasteiger partial charge in [0.05, 0.1) is 18.9 Å². The van der Waals surface area contributed by atoms with Gasteiger partial charge in [0.25, 0.3) is 5.91 Å². The lowest BCUT2D eigenvalue weighted by molar-refractivity contribution is -0.116. The zero-order valence-corrected chi connectivity index (χ0v) is 17.8. The van der Waals surface area contributed by atoms with Crippen LogP contribution >= 0.6 is 0 Å². The molecule has 0 aliphatic carbocycles. The molecule has 168 valence electrons. The molecule has 10 heteroatoms. The summed E-state index contributed by atoms with van der Waals surface area (Å²) < 4.78 is 10.1. The van der Waals surface area contributed by atoms with Crippen LogP contribution < -0.4 is 21.1 Å². The van der Waals surface area contributed by atoms with E-state index < -0.39 is 35.4 Å². The van der Waals surface area contributed by atoms with Crippen LogP contribution in [-0.2, 0) is 9.53 Å². The molecule has 0 heterocycles. The maximum atomic E-state index is 12.1. The summed E-state index contributed by atoms with van der Waals surface area (Å²) in [5.41, 5.74) is 4.45. The highest BCUT2D eigenvalue weighted by molar-refractivity contribution is 6.02. The topological polar surface area (TPSA) is 160 Å². The minimum Gasteiger partial charge on any atom is -0.505 e. The highest BCUT2D eigenvalue weighted by Crippen LogP contribution is 2.34. The van der Waals surface area contributed by atoms with E-state index in [1.165, 1.54) is 19.2 Å². The van der Waals surface area contributed by atoms with Crippen LogP contribution in [0.5, 0.6) is 11.5 Å². The Hall–Kier alpha value is -3.01. The van der Waals surface area contributed by atoms with E-state index >= 15 is 0 Å². The van der Waals surface area contributed by atoms with Crippen molar-refractivity contribution >= 4 is 23.6 Å². The van der Waals surface area contributed by atoms with E-state index in [4.69, 9.17) is 15.2 Å². The van der Waals surface area contributed by atoms with Gasteiger partial charge in [0.2, 0.25) is 5.91 Å². The number of benzene rings is 1. The van der Waals surface area contributed by atoms with Crippen LogP contribution in [0.2, 0.25) is 0 Å². The molecular formula is C20H31N3O7. The first-order valence-corrected chi connectivity index (χ1v) is 9.59. The van der Waals surface area contributed by atoms with Gasteiger partial charge in [-0.15, -0.1) is 0 Å². The molecule has 0 aliphatic rings. The van der Waals surface area contributed by atoms with Gasteiger partial charge in [-0.3, -0.25) is 9.59 Å². The van der Waals surface area contributed by atoms with Gasteiger partial charge in [-0.05, 0) is 52.2 Å². The summed E-state index contributed by atoms with van der Waals surface area (Å²) in [7, 11) is 1.32. The van der Waals surface area contributed by atoms with Crippen molar-refractivity contribution in [1.29, 1.82) is 0 Å². The SMILES string of the molecule is COc1ccc(NC(=O)CCC(O)CCCNC(=O)OC(C)(C)C)c(O)c1C(N)=O. The fourth-order valence-corrected chi connectivity index (χ4v) is 2.58. The maximum absolute atomic E-state index is 12.1. The predicted molar refractivity (Wildman–Crippen MR) is 111 cm³/mol. The molecule has 0 aliphatic heterocycles. The van der Waals surface area contributed by atoms with E-state index in [1.54, 1.807) is 20.8 Å². The molecule has 0 aromatic heterocycles. The van der Waals surface area contributed by atoms with Crippen LogP contribution in [0.1, 0.15) is 56.8 Å². The Morgan fingerprint density at radius 2 is 1.87 bits per heavy atom. The molecule has 30 heavy (non-hydrogen) atoms. The molecule has 0 radical (unpaired) electrons. The summed E-state index contributed by atoms with van der Waals surface area (Å²) >= 11 is 0. The first-order valence-electron chi connectivity index (χ1n) is 9.59. The highest BCUT2D eigenvalue weighted by atomic mass is 16.6. The number of amides is 3. The molecule has 0 fully saturated rings. The lowest BCUT2D eigenvalue weighted by atomic mass is 10.1. The molecule has 1 unspecified atom stereocenters. The zero-order chi connectivity index (χ0) is 22.9. The van der Waals surface area contributed by atoms with Gasteiger partial charge in [0.1, 0.15) is 16.9 Å². The summed E-state index contributed by atoms with van der Waals surface area (Å²) in [5.74, 6) is -1.73. The standard InChI is InChI=1S/C20H31N3O7/c1-20(2,3)30-19(28)22-11-5-6-12(24)7-10-15(25)23-13-8-9-14(29-4)16(17(13)26)18(21)27/h8-9,12,24,26H,5-7,10-11H2,1-4H3,(H2,21,27)(H,22,28)(H,23,25). The van der Waals surface area contributed by atoms with E-state index in [-0.39, 0.29) is 29.8 Å². The first-order chi connectivity index (χ1) is 13.9. The minimum absolute atomic E-state index is 0.00195. The van der Waals surface area contributed by atoms with E-state index in [9.17, 15) is 24.6 Å². The van der Waals surface area contributed by atoms with Crippen molar-refractivity contribution < 1.29 is 34.1 Å². The lowest BCUT2D eigenvalue weighted by Gasteiger charge is -2.19. The molecule has 6 N–H and O–H groups in total. The van der Waals surface area contributed by atoms with Crippen molar-refractivity contribution in [3.05, 3.63) is 17.7 Å². The molecule has 1 atom stereocenters. The van der Waals surface area contributed by atoms with Gasteiger partial charge in [0, 0.05) is 13.0 Å². The summed E-state index contributed by atoms with van der Waals surface area (Å²) in [6.45, 7) is 5.64. The number of alkyl carbamates (subject to hydrolysis) is 1. The Balaban J connectivity index is 2.42. The number of aromatic hydroxyl groups is 1. The fraction of sp³-hybridized carbons (Fsp3) is 0.550.